The fourth-order valence-electron chi connectivity index (χ4n) is 1.06. The Labute approximate surface area is 86.2 Å². The van der Waals surface area contributed by atoms with Gasteiger partial charge in [-0.2, -0.15) is 0 Å². The summed E-state index contributed by atoms with van der Waals surface area (Å²) in [5.74, 6) is 0.794. The fourth-order valence-corrected chi connectivity index (χ4v) is 1.60. The van der Waals surface area contributed by atoms with Gasteiger partial charge in [0, 0.05) is 17.1 Å². The summed E-state index contributed by atoms with van der Waals surface area (Å²) in [6.45, 7) is 0.422. The Morgan fingerprint density at radius 1 is 1.54 bits per heavy atom. The number of halogens is 1. The van der Waals surface area contributed by atoms with E-state index in [0.717, 1.165) is 15.8 Å². The summed E-state index contributed by atoms with van der Waals surface area (Å²) in [6, 6.07) is 5.52. The largest absolute Gasteiger partial charge is 0.497 e. The lowest BCUT2D eigenvalue weighted by Gasteiger charge is -2.12. The molecule has 0 saturated carbocycles. The summed E-state index contributed by atoms with van der Waals surface area (Å²) in [7, 11) is 1.63. The average molecular weight is 245 g/mol. The summed E-state index contributed by atoms with van der Waals surface area (Å²) in [5, 5.41) is 0. The van der Waals surface area contributed by atoms with Crippen LogP contribution >= 0.6 is 15.9 Å². The number of methoxy groups -OCH3 is 1. The molecule has 0 amide bonds. The highest BCUT2D eigenvalue weighted by Gasteiger charge is 2.08. The van der Waals surface area contributed by atoms with E-state index in [1.54, 1.807) is 7.11 Å². The quantitative estimate of drug-likeness (QED) is 0.846. The predicted octanol–water partition coefficient (Wildman–Crippen LogP) is 1.42. The van der Waals surface area contributed by atoms with Crippen LogP contribution in [-0.4, -0.2) is 13.7 Å². The third-order valence-corrected chi connectivity index (χ3v) is 2.58. The van der Waals surface area contributed by atoms with Crippen LogP contribution in [0.25, 0.3) is 0 Å². The van der Waals surface area contributed by atoms with Gasteiger partial charge in [0.05, 0.1) is 7.11 Å². The van der Waals surface area contributed by atoms with Gasteiger partial charge in [-0.3, -0.25) is 0 Å². The molecule has 0 aliphatic rings. The van der Waals surface area contributed by atoms with E-state index < -0.39 is 0 Å². The van der Waals surface area contributed by atoms with Crippen molar-refractivity contribution in [1.82, 2.24) is 0 Å². The Balaban J connectivity index is 3.03. The number of hydrogen-bond acceptors (Lipinski definition) is 3. The normalized spacial score (nSPS) is 12.6. The van der Waals surface area contributed by atoms with Gasteiger partial charge >= 0.3 is 0 Å². The van der Waals surface area contributed by atoms with Crippen LogP contribution in [0.4, 0.5) is 0 Å². The van der Waals surface area contributed by atoms with Crippen molar-refractivity contribution in [3.8, 4) is 5.75 Å². The Kier molecular flexibility index (Phi) is 3.71. The number of benzene rings is 1. The summed E-state index contributed by atoms with van der Waals surface area (Å²) < 4.78 is 6.05. The highest BCUT2D eigenvalue weighted by molar-refractivity contribution is 9.10. The molecule has 4 heteroatoms. The van der Waals surface area contributed by atoms with E-state index in [0.29, 0.717) is 6.54 Å². The topological polar surface area (TPSA) is 61.3 Å². The van der Waals surface area contributed by atoms with Crippen LogP contribution in [-0.2, 0) is 0 Å². The molecule has 0 fully saturated rings. The molecule has 0 radical (unpaired) electrons. The van der Waals surface area contributed by atoms with Gasteiger partial charge in [0.15, 0.2) is 0 Å². The predicted molar refractivity (Wildman–Crippen MR) is 56.7 cm³/mol. The second-order valence-electron chi connectivity index (χ2n) is 2.73. The number of ether oxygens (including phenoxy) is 1. The third-order valence-electron chi connectivity index (χ3n) is 1.86. The van der Waals surface area contributed by atoms with E-state index in [-0.39, 0.29) is 6.04 Å². The summed E-state index contributed by atoms with van der Waals surface area (Å²) in [4.78, 5) is 0. The van der Waals surface area contributed by atoms with Crippen molar-refractivity contribution in [1.29, 1.82) is 0 Å². The lowest BCUT2D eigenvalue weighted by molar-refractivity contribution is 0.413. The maximum Gasteiger partial charge on any atom is 0.119 e. The molecule has 1 aromatic rings. The minimum absolute atomic E-state index is 0.149. The van der Waals surface area contributed by atoms with Crippen molar-refractivity contribution in [3.05, 3.63) is 28.2 Å². The van der Waals surface area contributed by atoms with Crippen molar-refractivity contribution < 1.29 is 4.74 Å². The summed E-state index contributed by atoms with van der Waals surface area (Å²) in [5.41, 5.74) is 12.3. The van der Waals surface area contributed by atoms with E-state index in [9.17, 15) is 0 Å². The van der Waals surface area contributed by atoms with Gasteiger partial charge in [0.1, 0.15) is 5.75 Å². The lowest BCUT2D eigenvalue weighted by atomic mass is 10.1. The first-order valence-corrected chi connectivity index (χ1v) is 4.77. The lowest BCUT2D eigenvalue weighted by Crippen LogP contribution is -2.21. The molecule has 1 rings (SSSR count). The van der Waals surface area contributed by atoms with Crippen LogP contribution in [0.3, 0.4) is 0 Å². The fraction of sp³-hybridized carbons (Fsp3) is 0.333. The van der Waals surface area contributed by atoms with Crippen LogP contribution in [0.2, 0.25) is 0 Å². The molecular weight excluding hydrogens is 232 g/mol. The van der Waals surface area contributed by atoms with E-state index in [1.165, 1.54) is 0 Å². The molecule has 0 saturated heterocycles. The first kappa shape index (κ1) is 10.5. The molecule has 4 N–H and O–H groups in total. The minimum Gasteiger partial charge on any atom is -0.497 e. The maximum atomic E-state index is 5.81. The van der Waals surface area contributed by atoms with Gasteiger partial charge in [-0.15, -0.1) is 0 Å². The smallest absolute Gasteiger partial charge is 0.119 e. The zero-order valence-electron chi connectivity index (χ0n) is 7.46. The molecule has 0 aromatic heterocycles. The Morgan fingerprint density at radius 2 is 2.23 bits per heavy atom. The molecule has 0 unspecified atom stereocenters. The van der Waals surface area contributed by atoms with Crippen LogP contribution in [0.1, 0.15) is 11.6 Å². The first-order chi connectivity index (χ1) is 6.19. The minimum atomic E-state index is -0.149. The average Bonchev–Trinajstić information content (AvgIpc) is 2.17. The second-order valence-corrected chi connectivity index (χ2v) is 3.58. The number of hydrogen-bond donors (Lipinski definition) is 2. The van der Waals surface area contributed by atoms with Gasteiger partial charge < -0.3 is 16.2 Å². The Morgan fingerprint density at radius 3 is 2.77 bits per heavy atom. The van der Waals surface area contributed by atoms with Crippen LogP contribution < -0.4 is 16.2 Å². The molecule has 0 heterocycles. The first-order valence-electron chi connectivity index (χ1n) is 3.98. The SMILES string of the molecule is COc1ccc(Br)c([C@H](N)CN)c1. The molecule has 0 aliphatic heterocycles. The van der Waals surface area contributed by atoms with Crippen molar-refractivity contribution in [3.63, 3.8) is 0 Å². The van der Waals surface area contributed by atoms with Gasteiger partial charge in [0.25, 0.3) is 0 Å². The van der Waals surface area contributed by atoms with E-state index in [4.69, 9.17) is 16.2 Å². The van der Waals surface area contributed by atoms with E-state index in [1.807, 2.05) is 18.2 Å². The summed E-state index contributed by atoms with van der Waals surface area (Å²) in [6.07, 6.45) is 0. The van der Waals surface area contributed by atoms with E-state index >= 15 is 0 Å². The highest BCUT2D eigenvalue weighted by Crippen LogP contribution is 2.26. The standard InChI is InChI=1S/C9H13BrN2O/c1-13-6-2-3-8(10)7(4-6)9(12)5-11/h2-4,9H,5,11-12H2,1H3/t9-/m1/s1. The molecule has 1 aromatic carbocycles. The van der Waals surface area contributed by atoms with Gasteiger partial charge in [-0.1, -0.05) is 15.9 Å². The molecule has 0 aliphatic carbocycles. The molecule has 0 bridgehead atoms. The summed E-state index contributed by atoms with van der Waals surface area (Å²) >= 11 is 3.41. The van der Waals surface area contributed by atoms with Crippen molar-refractivity contribution in [2.75, 3.05) is 13.7 Å². The van der Waals surface area contributed by atoms with Gasteiger partial charge in [0.2, 0.25) is 0 Å². The highest BCUT2D eigenvalue weighted by atomic mass is 79.9. The van der Waals surface area contributed by atoms with Crippen molar-refractivity contribution in [2.24, 2.45) is 11.5 Å². The van der Waals surface area contributed by atoms with Crippen molar-refractivity contribution in [2.45, 2.75) is 6.04 Å². The van der Waals surface area contributed by atoms with Gasteiger partial charge in [-0.25, -0.2) is 0 Å². The van der Waals surface area contributed by atoms with Crippen molar-refractivity contribution >= 4 is 15.9 Å². The molecule has 13 heavy (non-hydrogen) atoms. The number of rotatable bonds is 3. The molecular formula is C9H13BrN2O. The zero-order valence-corrected chi connectivity index (χ0v) is 9.04. The molecule has 72 valence electrons. The third kappa shape index (κ3) is 2.43. The van der Waals surface area contributed by atoms with Gasteiger partial charge in [-0.05, 0) is 23.8 Å². The molecule has 0 spiro atoms. The number of nitrogens with two attached hydrogens (primary N) is 2. The zero-order chi connectivity index (χ0) is 9.84. The molecule has 3 nitrogen and oxygen atoms in total. The Bertz CT molecular complexity index is 291. The second kappa shape index (κ2) is 4.60. The Hall–Kier alpha value is -0.580. The van der Waals surface area contributed by atoms with Crippen LogP contribution in [0.15, 0.2) is 22.7 Å². The molecule has 1 atom stereocenters. The maximum absolute atomic E-state index is 5.81. The van der Waals surface area contributed by atoms with Crippen LogP contribution in [0.5, 0.6) is 5.75 Å². The van der Waals surface area contributed by atoms with Crippen LogP contribution in [0, 0.1) is 0 Å². The monoisotopic (exact) mass is 244 g/mol. The van der Waals surface area contributed by atoms with E-state index in [2.05, 4.69) is 15.9 Å².